The number of rotatable bonds is 8. The number of nitrogens with zero attached hydrogens (tertiary/aromatic N) is 1. The van der Waals surface area contributed by atoms with E-state index in [1.807, 2.05) is 31.0 Å². The van der Waals surface area contributed by atoms with Crippen LogP contribution in [0.3, 0.4) is 0 Å². The van der Waals surface area contributed by atoms with Gasteiger partial charge in [0.05, 0.1) is 13.2 Å². The van der Waals surface area contributed by atoms with E-state index in [2.05, 4.69) is 19.2 Å². The van der Waals surface area contributed by atoms with E-state index < -0.39 is 0 Å². The smallest absolute Gasteiger partial charge is 0.234 e. The van der Waals surface area contributed by atoms with Gasteiger partial charge in [0, 0.05) is 18.7 Å². The third-order valence-electron chi connectivity index (χ3n) is 2.94. The molecule has 1 aromatic carbocycles. The van der Waals surface area contributed by atoms with Crippen molar-refractivity contribution in [3.63, 3.8) is 0 Å². The van der Waals surface area contributed by atoms with Gasteiger partial charge >= 0.3 is 0 Å². The lowest BCUT2D eigenvalue weighted by atomic mass is 10.1. The van der Waals surface area contributed by atoms with Crippen molar-refractivity contribution in [2.75, 3.05) is 26.7 Å². The van der Waals surface area contributed by atoms with Gasteiger partial charge in [-0.05, 0) is 26.0 Å². The molecule has 5 heteroatoms. The van der Waals surface area contributed by atoms with Crippen LogP contribution in [0.2, 0.25) is 0 Å². The van der Waals surface area contributed by atoms with Gasteiger partial charge in [-0.2, -0.15) is 0 Å². The summed E-state index contributed by atoms with van der Waals surface area (Å²) in [5.41, 5.74) is 0.750. The lowest BCUT2D eigenvalue weighted by molar-refractivity contribution is -0.122. The van der Waals surface area contributed by atoms with Crippen LogP contribution >= 0.6 is 0 Å². The number of benzene rings is 1. The van der Waals surface area contributed by atoms with E-state index in [1.54, 1.807) is 6.07 Å². The summed E-state index contributed by atoms with van der Waals surface area (Å²) in [6, 6.07) is 5.41. The van der Waals surface area contributed by atoms with Gasteiger partial charge in [-0.25, -0.2) is 0 Å². The van der Waals surface area contributed by atoms with Crippen LogP contribution in [0.15, 0.2) is 18.2 Å². The van der Waals surface area contributed by atoms with E-state index in [1.165, 1.54) is 0 Å². The molecule has 5 nitrogen and oxygen atoms in total. The molecule has 0 saturated heterocycles. The van der Waals surface area contributed by atoms with Gasteiger partial charge in [-0.3, -0.25) is 9.69 Å². The third-order valence-corrected chi connectivity index (χ3v) is 2.94. The molecular weight excluding hydrogens is 268 g/mol. The van der Waals surface area contributed by atoms with Crippen molar-refractivity contribution in [1.29, 1.82) is 0 Å². The first-order valence-corrected chi connectivity index (χ1v) is 7.32. The van der Waals surface area contributed by atoms with E-state index in [4.69, 9.17) is 4.74 Å². The topological polar surface area (TPSA) is 61.8 Å². The molecule has 0 unspecified atom stereocenters. The van der Waals surface area contributed by atoms with E-state index in [0.29, 0.717) is 37.9 Å². The van der Waals surface area contributed by atoms with Crippen LogP contribution in [0, 0.1) is 5.92 Å². The minimum Gasteiger partial charge on any atom is -0.504 e. The molecule has 0 atom stereocenters. The average Bonchev–Trinajstić information content (AvgIpc) is 2.41. The molecule has 0 aliphatic rings. The maximum atomic E-state index is 11.8. The summed E-state index contributed by atoms with van der Waals surface area (Å²) in [5.74, 6) is 1.05. The number of likely N-dealkylation sites (N-methyl/N-ethyl adjacent to an activating group) is 1. The van der Waals surface area contributed by atoms with Crippen LogP contribution < -0.4 is 10.1 Å². The number of nitrogens with one attached hydrogen (secondary N) is 1. The summed E-state index contributed by atoms with van der Waals surface area (Å²) in [5, 5.41) is 13.0. The van der Waals surface area contributed by atoms with Crippen molar-refractivity contribution in [1.82, 2.24) is 10.2 Å². The third kappa shape index (κ3) is 6.04. The number of ether oxygens (including phenoxy) is 1. The van der Waals surface area contributed by atoms with Gasteiger partial charge in [0.25, 0.3) is 0 Å². The van der Waals surface area contributed by atoms with Crippen molar-refractivity contribution in [2.45, 2.75) is 27.3 Å². The molecule has 0 saturated carbocycles. The molecule has 1 amide bonds. The quantitative estimate of drug-likeness (QED) is 0.770. The van der Waals surface area contributed by atoms with Crippen LogP contribution in [0.25, 0.3) is 0 Å². The normalized spacial score (nSPS) is 11.0. The number of carbonyl (C=O) groups is 1. The largest absolute Gasteiger partial charge is 0.504 e. The highest BCUT2D eigenvalue weighted by Gasteiger charge is 2.12. The molecule has 1 aromatic rings. The first-order valence-electron chi connectivity index (χ1n) is 7.32. The van der Waals surface area contributed by atoms with Gasteiger partial charge in [0.1, 0.15) is 0 Å². The minimum atomic E-state index is -0.00773. The molecule has 0 spiro atoms. The Bertz CT molecular complexity index is 461. The first-order chi connectivity index (χ1) is 9.93. The number of hydrogen-bond acceptors (Lipinski definition) is 4. The van der Waals surface area contributed by atoms with E-state index in [9.17, 15) is 9.90 Å². The fourth-order valence-electron chi connectivity index (χ4n) is 1.93. The Morgan fingerprint density at radius 2 is 2.14 bits per heavy atom. The SMILES string of the molecule is CCOc1cccc(CN(C)CC(=O)NCC(C)C)c1O. The molecule has 0 bridgehead atoms. The second-order valence-corrected chi connectivity index (χ2v) is 5.57. The highest BCUT2D eigenvalue weighted by molar-refractivity contribution is 5.77. The summed E-state index contributed by atoms with van der Waals surface area (Å²) in [7, 11) is 1.85. The van der Waals surface area contributed by atoms with Gasteiger partial charge < -0.3 is 15.2 Å². The predicted octanol–water partition coefficient (Wildman–Crippen LogP) is 1.99. The molecule has 1 rings (SSSR count). The van der Waals surface area contributed by atoms with Crippen molar-refractivity contribution in [2.24, 2.45) is 5.92 Å². The van der Waals surface area contributed by atoms with E-state index >= 15 is 0 Å². The van der Waals surface area contributed by atoms with Gasteiger partial charge in [0.2, 0.25) is 5.91 Å². The molecule has 118 valence electrons. The zero-order valence-electron chi connectivity index (χ0n) is 13.3. The number of phenols is 1. The lowest BCUT2D eigenvalue weighted by Gasteiger charge is -2.18. The molecule has 2 N–H and O–H groups in total. The van der Waals surface area contributed by atoms with E-state index in [0.717, 1.165) is 5.56 Å². The molecule has 0 heterocycles. The second-order valence-electron chi connectivity index (χ2n) is 5.57. The molecule has 21 heavy (non-hydrogen) atoms. The monoisotopic (exact) mass is 294 g/mol. The molecule has 0 fully saturated rings. The summed E-state index contributed by atoms with van der Waals surface area (Å²) in [4.78, 5) is 13.6. The number of aromatic hydroxyl groups is 1. The van der Waals surface area contributed by atoms with Crippen LogP contribution in [-0.2, 0) is 11.3 Å². The minimum absolute atomic E-state index is 0.00773. The number of phenolic OH excluding ortho intramolecular Hbond substituents is 1. The Labute approximate surface area is 126 Å². The lowest BCUT2D eigenvalue weighted by Crippen LogP contribution is -2.36. The maximum absolute atomic E-state index is 11.8. The molecule has 0 radical (unpaired) electrons. The molecule has 0 aromatic heterocycles. The first kappa shape index (κ1) is 17.3. The number of para-hydroxylation sites is 1. The zero-order chi connectivity index (χ0) is 15.8. The Morgan fingerprint density at radius 3 is 2.76 bits per heavy atom. The summed E-state index contributed by atoms with van der Waals surface area (Å²) >= 11 is 0. The highest BCUT2D eigenvalue weighted by Crippen LogP contribution is 2.30. The predicted molar refractivity (Wildman–Crippen MR) is 83.5 cm³/mol. The standard InChI is InChI=1S/C16H26N2O3/c1-5-21-14-8-6-7-13(16(14)20)10-18(4)11-15(19)17-9-12(2)3/h6-8,12,20H,5,9-11H2,1-4H3,(H,17,19). The average molecular weight is 294 g/mol. The zero-order valence-corrected chi connectivity index (χ0v) is 13.3. The number of hydrogen-bond donors (Lipinski definition) is 2. The second kappa shape index (κ2) is 8.52. The summed E-state index contributed by atoms with van der Waals surface area (Å²) in [6.07, 6.45) is 0. The molecule has 0 aliphatic carbocycles. The Morgan fingerprint density at radius 1 is 1.43 bits per heavy atom. The fourth-order valence-corrected chi connectivity index (χ4v) is 1.93. The van der Waals surface area contributed by atoms with E-state index in [-0.39, 0.29) is 11.7 Å². The number of amides is 1. The Kier molecular flexibility index (Phi) is 7.02. The highest BCUT2D eigenvalue weighted by atomic mass is 16.5. The Balaban J connectivity index is 2.56. The van der Waals surface area contributed by atoms with Crippen LogP contribution in [0.5, 0.6) is 11.5 Å². The van der Waals surface area contributed by atoms with Crippen LogP contribution in [-0.4, -0.2) is 42.7 Å². The van der Waals surface area contributed by atoms with Crippen LogP contribution in [0.1, 0.15) is 26.3 Å². The van der Waals surface area contributed by atoms with Crippen molar-refractivity contribution in [3.05, 3.63) is 23.8 Å². The molecular formula is C16H26N2O3. The van der Waals surface area contributed by atoms with Gasteiger partial charge in [-0.15, -0.1) is 0 Å². The summed E-state index contributed by atoms with van der Waals surface area (Å²) < 4.78 is 5.36. The summed E-state index contributed by atoms with van der Waals surface area (Å²) in [6.45, 7) is 7.95. The van der Waals surface area contributed by atoms with Gasteiger partial charge in [0.15, 0.2) is 11.5 Å². The van der Waals surface area contributed by atoms with Crippen LogP contribution in [0.4, 0.5) is 0 Å². The fraction of sp³-hybridized carbons (Fsp3) is 0.562. The number of carbonyl (C=O) groups excluding carboxylic acids is 1. The molecule has 0 aliphatic heterocycles. The van der Waals surface area contributed by atoms with Gasteiger partial charge in [-0.1, -0.05) is 26.0 Å². The Hall–Kier alpha value is -1.75. The maximum Gasteiger partial charge on any atom is 0.234 e. The van der Waals surface area contributed by atoms with Crippen molar-refractivity contribution >= 4 is 5.91 Å². The van der Waals surface area contributed by atoms with Crippen molar-refractivity contribution < 1.29 is 14.6 Å². The van der Waals surface area contributed by atoms with Crippen molar-refractivity contribution in [3.8, 4) is 11.5 Å².